The molecule has 1 heterocycles. The van der Waals surface area contributed by atoms with Crippen molar-refractivity contribution in [1.82, 2.24) is 4.31 Å². The lowest BCUT2D eigenvalue weighted by Crippen LogP contribution is -2.32. The maximum absolute atomic E-state index is 13.1. The van der Waals surface area contributed by atoms with Crippen LogP contribution in [0.3, 0.4) is 0 Å². The Kier molecular flexibility index (Phi) is 5.91. The second kappa shape index (κ2) is 8.35. The van der Waals surface area contributed by atoms with Crippen LogP contribution in [0.25, 0.3) is 11.1 Å². The molecule has 1 unspecified atom stereocenters. The quantitative estimate of drug-likeness (QED) is 0.544. The second-order valence-corrected chi connectivity index (χ2v) is 11.9. The van der Waals surface area contributed by atoms with Crippen molar-refractivity contribution in [1.29, 1.82) is 0 Å². The molecule has 1 aliphatic rings. The molecular formula is C22H19ClFNO4S2. The second-order valence-electron chi connectivity index (χ2n) is 7.30. The first-order chi connectivity index (χ1) is 14.7. The lowest BCUT2D eigenvalue weighted by Gasteiger charge is -2.17. The Morgan fingerprint density at radius 1 is 0.774 bits per heavy atom. The van der Waals surface area contributed by atoms with E-state index in [1.165, 1.54) is 52.8 Å². The average molecular weight is 480 g/mol. The lowest BCUT2D eigenvalue weighted by molar-refractivity contribution is 0.476. The monoisotopic (exact) mass is 479 g/mol. The van der Waals surface area contributed by atoms with E-state index in [4.69, 9.17) is 11.6 Å². The topological polar surface area (TPSA) is 71.5 Å². The minimum absolute atomic E-state index is 0.0860. The van der Waals surface area contributed by atoms with Crippen LogP contribution in [0.1, 0.15) is 6.42 Å². The molecule has 0 saturated carbocycles. The maximum atomic E-state index is 13.1. The number of hydrogen-bond donors (Lipinski definition) is 0. The van der Waals surface area contributed by atoms with Gasteiger partial charge >= 0.3 is 0 Å². The first-order valence-corrected chi connectivity index (χ1v) is 12.9. The molecule has 0 amide bonds. The summed E-state index contributed by atoms with van der Waals surface area (Å²) in [5.41, 5.74) is 1.52. The molecule has 3 aromatic carbocycles. The van der Waals surface area contributed by atoms with Crippen LogP contribution in [0.5, 0.6) is 0 Å². The van der Waals surface area contributed by atoms with Gasteiger partial charge in [0.15, 0.2) is 9.84 Å². The van der Waals surface area contributed by atoms with Gasteiger partial charge in [0.2, 0.25) is 10.0 Å². The summed E-state index contributed by atoms with van der Waals surface area (Å²) in [4.78, 5) is 0.215. The first-order valence-electron chi connectivity index (χ1n) is 9.53. The van der Waals surface area contributed by atoms with Crippen LogP contribution in [0.15, 0.2) is 82.6 Å². The Labute approximate surface area is 186 Å². The third kappa shape index (κ3) is 4.39. The molecule has 0 aliphatic carbocycles. The van der Waals surface area contributed by atoms with Crippen molar-refractivity contribution < 1.29 is 21.2 Å². The summed E-state index contributed by atoms with van der Waals surface area (Å²) in [5.74, 6) is -0.347. The van der Waals surface area contributed by atoms with Crippen molar-refractivity contribution in [3.8, 4) is 11.1 Å². The van der Waals surface area contributed by atoms with E-state index >= 15 is 0 Å². The van der Waals surface area contributed by atoms with Crippen LogP contribution >= 0.6 is 11.6 Å². The highest BCUT2D eigenvalue weighted by Crippen LogP contribution is 2.29. The molecule has 5 nitrogen and oxygen atoms in total. The van der Waals surface area contributed by atoms with Gasteiger partial charge in [0.05, 0.1) is 15.0 Å². The fourth-order valence-corrected chi connectivity index (χ4v) is 7.01. The molecule has 1 fully saturated rings. The van der Waals surface area contributed by atoms with Gasteiger partial charge in [0.25, 0.3) is 0 Å². The van der Waals surface area contributed by atoms with Gasteiger partial charge in [0, 0.05) is 18.1 Å². The summed E-state index contributed by atoms with van der Waals surface area (Å²) in [7, 11) is -7.51. The number of benzene rings is 3. The molecule has 1 atom stereocenters. The van der Waals surface area contributed by atoms with Crippen LogP contribution < -0.4 is 0 Å². The van der Waals surface area contributed by atoms with Crippen molar-refractivity contribution in [2.45, 2.75) is 21.5 Å². The van der Waals surface area contributed by atoms with Crippen molar-refractivity contribution in [2.75, 3.05) is 13.1 Å². The van der Waals surface area contributed by atoms with Crippen LogP contribution in [0, 0.1) is 5.82 Å². The normalized spacial score (nSPS) is 17.7. The van der Waals surface area contributed by atoms with E-state index in [1.807, 2.05) is 0 Å². The Hall–Kier alpha value is -2.26. The largest absolute Gasteiger partial charge is 0.243 e. The van der Waals surface area contributed by atoms with Crippen LogP contribution in [-0.2, 0) is 19.9 Å². The number of sulfone groups is 1. The predicted octanol–water partition coefficient (Wildman–Crippen LogP) is 4.38. The third-order valence-electron chi connectivity index (χ3n) is 5.36. The van der Waals surface area contributed by atoms with E-state index in [1.54, 1.807) is 24.3 Å². The van der Waals surface area contributed by atoms with Crippen molar-refractivity contribution >= 4 is 31.5 Å². The highest BCUT2D eigenvalue weighted by molar-refractivity contribution is 7.92. The highest BCUT2D eigenvalue weighted by atomic mass is 35.5. The summed E-state index contributed by atoms with van der Waals surface area (Å²) in [6.45, 7) is 0.0204. The Balaban J connectivity index is 1.53. The third-order valence-corrected chi connectivity index (χ3v) is 9.68. The van der Waals surface area contributed by atoms with E-state index < -0.39 is 25.1 Å². The molecule has 0 bridgehead atoms. The predicted molar refractivity (Wildman–Crippen MR) is 118 cm³/mol. The molecule has 0 spiro atoms. The van der Waals surface area contributed by atoms with Crippen molar-refractivity contribution in [2.24, 2.45) is 0 Å². The highest BCUT2D eigenvalue weighted by Gasteiger charge is 2.39. The average Bonchev–Trinajstić information content (AvgIpc) is 3.27. The van der Waals surface area contributed by atoms with Gasteiger partial charge in [-0.1, -0.05) is 35.9 Å². The SMILES string of the molecule is O=S(=O)(c1ccc(Cl)cc1)C1CCN(S(=O)(=O)c2ccc(-c3ccc(F)cc3)cc2)C1. The number of halogens is 2. The molecule has 4 rings (SSSR count). The van der Waals surface area contributed by atoms with E-state index in [0.29, 0.717) is 5.02 Å². The molecule has 0 N–H and O–H groups in total. The number of nitrogens with zero attached hydrogens (tertiary/aromatic N) is 1. The summed E-state index contributed by atoms with van der Waals surface area (Å²) in [5, 5.41) is -0.388. The summed E-state index contributed by atoms with van der Waals surface area (Å²) >= 11 is 5.83. The minimum Gasteiger partial charge on any atom is -0.223 e. The zero-order valence-corrected chi connectivity index (χ0v) is 18.7. The van der Waals surface area contributed by atoms with Crippen LogP contribution in [0.4, 0.5) is 4.39 Å². The van der Waals surface area contributed by atoms with Gasteiger partial charge in [-0.05, 0) is 66.1 Å². The molecule has 3 aromatic rings. The standard InChI is InChI=1S/C22H19ClFNO4S2/c23-18-5-11-20(12-6-18)30(26,27)22-13-14-25(15-22)31(28,29)21-9-3-17(4-10-21)16-1-7-19(24)8-2-16/h1-12,22H,13-15H2. The summed E-state index contributed by atoms with van der Waals surface area (Å²) in [6, 6.07) is 18.0. The molecule has 0 aromatic heterocycles. The van der Waals surface area contributed by atoms with Gasteiger partial charge < -0.3 is 0 Å². The molecule has 0 radical (unpaired) electrons. The Morgan fingerprint density at radius 2 is 1.29 bits per heavy atom. The van der Waals surface area contributed by atoms with E-state index in [9.17, 15) is 21.2 Å². The zero-order valence-electron chi connectivity index (χ0n) is 16.3. The first kappa shape index (κ1) is 22.0. The van der Waals surface area contributed by atoms with Crippen molar-refractivity contribution in [3.05, 3.63) is 83.6 Å². The van der Waals surface area contributed by atoms with Gasteiger partial charge in [-0.25, -0.2) is 21.2 Å². The number of rotatable bonds is 5. The summed E-state index contributed by atoms with van der Waals surface area (Å²) in [6.07, 6.45) is 0.220. The fourth-order valence-electron chi connectivity index (χ4n) is 3.60. The maximum Gasteiger partial charge on any atom is 0.243 e. The van der Waals surface area contributed by atoms with Gasteiger partial charge in [0.1, 0.15) is 5.82 Å². The zero-order chi connectivity index (χ0) is 22.2. The molecule has 1 aliphatic heterocycles. The van der Waals surface area contributed by atoms with Gasteiger partial charge in [-0.3, -0.25) is 0 Å². The molecule has 162 valence electrons. The number of sulfonamides is 1. The molecular weight excluding hydrogens is 461 g/mol. The Bertz CT molecular complexity index is 1290. The van der Waals surface area contributed by atoms with Gasteiger partial charge in [-0.15, -0.1) is 0 Å². The number of hydrogen-bond acceptors (Lipinski definition) is 4. The van der Waals surface area contributed by atoms with Crippen LogP contribution in [0.2, 0.25) is 5.02 Å². The summed E-state index contributed by atoms with van der Waals surface area (Å²) < 4.78 is 66.2. The Morgan fingerprint density at radius 3 is 1.87 bits per heavy atom. The molecule has 31 heavy (non-hydrogen) atoms. The lowest BCUT2D eigenvalue weighted by atomic mass is 10.1. The van der Waals surface area contributed by atoms with E-state index in [-0.39, 0.29) is 35.1 Å². The van der Waals surface area contributed by atoms with Gasteiger partial charge in [-0.2, -0.15) is 4.31 Å². The molecule has 9 heteroatoms. The van der Waals surface area contributed by atoms with Crippen molar-refractivity contribution in [3.63, 3.8) is 0 Å². The fraction of sp³-hybridized carbons (Fsp3) is 0.182. The molecule has 1 saturated heterocycles. The smallest absolute Gasteiger partial charge is 0.223 e. The van der Waals surface area contributed by atoms with Crippen LogP contribution in [-0.4, -0.2) is 39.5 Å². The van der Waals surface area contributed by atoms with E-state index in [0.717, 1.165) is 11.1 Å². The van der Waals surface area contributed by atoms with E-state index in [2.05, 4.69) is 0 Å². The minimum atomic E-state index is -3.84.